The highest BCUT2D eigenvalue weighted by atomic mass is 79.9. The number of anilines is 1. The fourth-order valence-corrected chi connectivity index (χ4v) is 4.93. The molecule has 0 aliphatic carbocycles. The molecule has 2 aromatic rings. The predicted octanol–water partition coefficient (Wildman–Crippen LogP) is 4.15. The number of aryl methyl sites for hydroxylation is 1. The van der Waals surface area contributed by atoms with Gasteiger partial charge in [-0.05, 0) is 67.3 Å². The van der Waals surface area contributed by atoms with Gasteiger partial charge in [0.15, 0.2) is 5.75 Å². The summed E-state index contributed by atoms with van der Waals surface area (Å²) >= 11 is 3.41. The van der Waals surface area contributed by atoms with Gasteiger partial charge >= 0.3 is 5.97 Å². The Morgan fingerprint density at radius 1 is 1.22 bits per heavy atom. The quantitative estimate of drug-likeness (QED) is 0.485. The van der Waals surface area contributed by atoms with Crippen LogP contribution in [0, 0.1) is 6.92 Å². The number of nitrogens with zero attached hydrogens (tertiary/aromatic N) is 1. The molecule has 27 heavy (non-hydrogen) atoms. The Kier molecular flexibility index (Phi) is 5.76. The molecule has 0 saturated carbocycles. The lowest BCUT2D eigenvalue weighted by Crippen LogP contribution is -2.29. The Labute approximate surface area is 167 Å². The number of carbonyl (C=O) groups is 1. The maximum Gasteiger partial charge on any atom is 0.355 e. The SMILES string of the molecule is CCCC(=O)OOc1ccc(S(=O)(=O)N2CCc3cc(Br)ccc32)cc1C. The van der Waals surface area contributed by atoms with Crippen molar-refractivity contribution in [3.05, 3.63) is 52.0 Å². The number of halogens is 1. The van der Waals surface area contributed by atoms with Crippen LogP contribution in [0.3, 0.4) is 0 Å². The van der Waals surface area contributed by atoms with Crippen molar-refractivity contribution in [2.45, 2.75) is 38.0 Å². The van der Waals surface area contributed by atoms with Crippen LogP contribution in [0.5, 0.6) is 5.75 Å². The van der Waals surface area contributed by atoms with Crippen LogP contribution >= 0.6 is 15.9 Å². The third kappa shape index (κ3) is 4.11. The summed E-state index contributed by atoms with van der Waals surface area (Å²) in [6.45, 7) is 3.97. The molecule has 0 aromatic heterocycles. The molecule has 0 saturated heterocycles. The zero-order chi connectivity index (χ0) is 19.6. The van der Waals surface area contributed by atoms with Crippen molar-refractivity contribution < 1.29 is 23.0 Å². The van der Waals surface area contributed by atoms with Gasteiger partial charge < -0.3 is 0 Å². The molecular weight excluding hydrogens is 434 g/mol. The lowest BCUT2D eigenvalue weighted by atomic mass is 10.2. The van der Waals surface area contributed by atoms with Gasteiger partial charge in [0, 0.05) is 17.4 Å². The minimum Gasteiger partial charge on any atom is -0.287 e. The van der Waals surface area contributed by atoms with E-state index in [4.69, 9.17) is 9.78 Å². The van der Waals surface area contributed by atoms with E-state index in [1.165, 1.54) is 22.5 Å². The summed E-state index contributed by atoms with van der Waals surface area (Å²) in [5.74, 6) is -0.155. The summed E-state index contributed by atoms with van der Waals surface area (Å²) in [6.07, 6.45) is 1.59. The smallest absolute Gasteiger partial charge is 0.287 e. The molecule has 0 amide bonds. The van der Waals surface area contributed by atoms with Crippen LogP contribution in [0.1, 0.15) is 30.9 Å². The molecule has 8 heteroatoms. The first-order chi connectivity index (χ1) is 12.8. The zero-order valence-electron chi connectivity index (χ0n) is 15.1. The molecule has 0 N–H and O–H groups in total. The maximum atomic E-state index is 13.1. The first-order valence-electron chi connectivity index (χ1n) is 8.62. The van der Waals surface area contributed by atoms with E-state index in [0.29, 0.717) is 36.4 Å². The Hall–Kier alpha value is -2.06. The molecule has 3 rings (SSSR count). The van der Waals surface area contributed by atoms with Gasteiger partial charge in [-0.2, -0.15) is 0 Å². The van der Waals surface area contributed by atoms with Gasteiger partial charge in [0.2, 0.25) is 0 Å². The summed E-state index contributed by atoms with van der Waals surface area (Å²) in [7, 11) is -3.69. The topological polar surface area (TPSA) is 72.9 Å². The number of fused-ring (bicyclic) bond motifs is 1. The summed E-state index contributed by atoms with van der Waals surface area (Å²) in [5.41, 5.74) is 2.26. The maximum absolute atomic E-state index is 13.1. The van der Waals surface area contributed by atoms with Crippen molar-refractivity contribution in [2.75, 3.05) is 10.8 Å². The first kappa shape index (κ1) is 19.7. The second-order valence-corrected chi connectivity index (χ2v) is 9.09. The van der Waals surface area contributed by atoms with Crippen LogP contribution in [0.2, 0.25) is 0 Å². The third-order valence-electron chi connectivity index (χ3n) is 4.31. The second-order valence-electron chi connectivity index (χ2n) is 6.32. The van der Waals surface area contributed by atoms with Gasteiger partial charge in [0.25, 0.3) is 10.0 Å². The van der Waals surface area contributed by atoms with Gasteiger partial charge in [-0.25, -0.2) is 13.2 Å². The minimum atomic E-state index is -3.69. The Morgan fingerprint density at radius 3 is 2.70 bits per heavy atom. The highest BCUT2D eigenvalue weighted by Gasteiger charge is 2.31. The zero-order valence-corrected chi connectivity index (χ0v) is 17.5. The fraction of sp³-hybridized carbons (Fsp3) is 0.316. The Balaban J connectivity index is 1.82. The lowest BCUT2D eigenvalue weighted by Gasteiger charge is -2.20. The summed E-state index contributed by atoms with van der Waals surface area (Å²) in [5, 5.41) is 0. The van der Waals surface area contributed by atoms with E-state index in [9.17, 15) is 13.2 Å². The molecular formula is C19H20BrNO5S. The van der Waals surface area contributed by atoms with Crippen molar-refractivity contribution in [2.24, 2.45) is 0 Å². The molecule has 0 unspecified atom stereocenters. The molecule has 2 aromatic carbocycles. The van der Waals surface area contributed by atoms with E-state index in [1.54, 1.807) is 6.92 Å². The van der Waals surface area contributed by atoms with E-state index in [1.807, 2.05) is 25.1 Å². The van der Waals surface area contributed by atoms with Gasteiger partial charge in [-0.15, -0.1) is 0 Å². The monoisotopic (exact) mass is 453 g/mol. The number of benzene rings is 2. The average Bonchev–Trinajstić information content (AvgIpc) is 3.04. The van der Waals surface area contributed by atoms with Gasteiger partial charge in [0.1, 0.15) is 0 Å². The summed E-state index contributed by atoms with van der Waals surface area (Å²) in [4.78, 5) is 21.4. The van der Waals surface area contributed by atoms with Crippen molar-refractivity contribution in [3.63, 3.8) is 0 Å². The fourth-order valence-electron chi connectivity index (χ4n) is 2.93. The van der Waals surface area contributed by atoms with Gasteiger partial charge in [0.05, 0.1) is 10.6 Å². The standard InChI is InChI=1S/C19H20BrNO5S/c1-3-4-19(22)26-25-18-8-6-16(11-13(18)2)27(23,24)21-10-9-14-12-15(20)5-7-17(14)21/h5-8,11-12H,3-4,9-10H2,1-2H3. The molecule has 6 nitrogen and oxygen atoms in total. The van der Waals surface area contributed by atoms with Crippen molar-refractivity contribution in [1.82, 2.24) is 0 Å². The first-order valence-corrected chi connectivity index (χ1v) is 10.9. The number of carbonyl (C=O) groups excluding carboxylic acids is 1. The summed E-state index contributed by atoms with van der Waals surface area (Å²) < 4.78 is 28.5. The molecule has 144 valence electrons. The van der Waals surface area contributed by atoms with Gasteiger partial charge in [-0.1, -0.05) is 22.9 Å². The molecule has 0 bridgehead atoms. The van der Waals surface area contributed by atoms with E-state index >= 15 is 0 Å². The van der Waals surface area contributed by atoms with E-state index < -0.39 is 16.0 Å². The number of hydrogen-bond donors (Lipinski definition) is 0. The molecule has 1 heterocycles. The van der Waals surface area contributed by atoms with E-state index in [-0.39, 0.29) is 11.3 Å². The summed E-state index contributed by atoms with van der Waals surface area (Å²) in [6, 6.07) is 10.1. The molecule has 0 spiro atoms. The molecule has 1 aliphatic heterocycles. The normalized spacial score (nSPS) is 13.4. The van der Waals surface area contributed by atoms with Crippen LogP contribution in [-0.2, 0) is 26.1 Å². The molecule has 1 aliphatic rings. The van der Waals surface area contributed by atoms with Crippen molar-refractivity contribution in [3.8, 4) is 5.75 Å². The van der Waals surface area contributed by atoms with E-state index in [2.05, 4.69) is 15.9 Å². The number of rotatable bonds is 6. The van der Waals surface area contributed by atoms with Crippen molar-refractivity contribution >= 4 is 37.6 Å². The van der Waals surface area contributed by atoms with Crippen LogP contribution < -0.4 is 9.19 Å². The third-order valence-corrected chi connectivity index (χ3v) is 6.61. The predicted molar refractivity (Wildman–Crippen MR) is 105 cm³/mol. The van der Waals surface area contributed by atoms with Crippen LogP contribution in [0.25, 0.3) is 0 Å². The van der Waals surface area contributed by atoms with E-state index in [0.717, 1.165) is 10.0 Å². The average molecular weight is 454 g/mol. The highest BCUT2D eigenvalue weighted by Crippen LogP contribution is 2.35. The minimum absolute atomic E-state index is 0.169. The van der Waals surface area contributed by atoms with Crippen molar-refractivity contribution in [1.29, 1.82) is 0 Å². The number of sulfonamides is 1. The van der Waals surface area contributed by atoms with Crippen LogP contribution in [0.4, 0.5) is 5.69 Å². The lowest BCUT2D eigenvalue weighted by molar-refractivity contribution is -0.214. The Morgan fingerprint density at radius 2 is 2.00 bits per heavy atom. The molecule has 0 radical (unpaired) electrons. The van der Waals surface area contributed by atoms with Crippen LogP contribution in [0.15, 0.2) is 45.8 Å². The molecule has 0 atom stereocenters. The highest BCUT2D eigenvalue weighted by molar-refractivity contribution is 9.10. The Bertz CT molecular complexity index is 974. The largest absolute Gasteiger partial charge is 0.355 e. The van der Waals surface area contributed by atoms with Crippen LogP contribution in [-0.4, -0.2) is 20.9 Å². The number of hydrogen-bond acceptors (Lipinski definition) is 5. The van der Waals surface area contributed by atoms with Gasteiger partial charge in [-0.3, -0.25) is 14.1 Å². The molecule has 0 fully saturated rings. The second kappa shape index (κ2) is 7.90.